The Morgan fingerprint density at radius 3 is 2.45 bits per heavy atom. The van der Waals surface area contributed by atoms with E-state index in [1.165, 1.54) is 22.3 Å². The highest BCUT2D eigenvalue weighted by atomic mass is 32.1. The van der Waals surface area contributed by atoms with Crippen LogP contribution in [0.5, 0.6) is 0 Å². The van der Waals surface area contributed by atoms with Crippen molar-refractivity contribution in [2.75, 3.05) is 5.32 Å². The molecule has 0 aliphatic rings. The molecule has 3 aromatic heterocycles. The first-order valence-electron chi connectivity index (χ1n) is 9.24. The average molecular weight is 398 g/mol. The lowest BCUT2D eigenvalue weighted by molar-refractivity contribution is 0.881. The average Bonchev–Trinajstić information content (AvgIpc) is 3.41. The molecular formula is C22H18N6S. The molecular weight excluding hydrogens is 380 g/mol. The quantitative estimate of drug-likeness (QED) is 0.418. The van der Waals surface area contributed by atoms with Crippen molar-refractivity contribution in [3.63, 3.8) is 0 Å². The molecule has 2 N–H and O–H groups in total. The van der Waals surface area contributed by atoms with E-state index < -0.39 is 0 Å². The van der Waals surface area contributed by atoms with Crippen LogP contribution >= 0.6 is 11.3 Å². The van der Waals surface area contributed by atoms with Gasteiger partial charge >= 0.3 is 0 Å². The maximum absolute atomic E-state index is 4.41. The molecule has 2 aromatic carbocycles. The number of aromatic amines is 1. The predicted molar refractivity (Wildman–Crippen MR) is 117 cm³/mol. The molecule has 0 amide bonds. The van der Waals surface area contributed by atoms with E-state index >= 15 is 0 Å². The predicted octanol–water partition coefficient (Wildman–Crippen LogP) is 5.50. The summed E-state index contributed by atoms with van der Waals surface area (Å²) >= 11 is 1.60. The van der Waals surface area contributed by atoms with Crippen LogP contribution in [0.4, 0.5) is 11.4 Å². The van der Waals surface area contributed by atoms with Crippen molar-refractivity contribution in [3.8, 4) is 21.8 Å². The molecule has 5 rings (SSSR count). The molecule has 3 heterocycles. The van der Waals surface area contributed by atoms with Crippen molar-refractivity contribution in [1.29, 1.82) is 0 Å². The Labute approximate surface area is 171 Å². The minimum atomic E-state index is 0.594. The van der Waals surface area contributed by atoms with E-state index in [0.29, 0.717) is 5.82 Å². The highest BCUT2D eigenvalue weighted by Crippen LogP contribution is 2.37. The summed E-state index contributed by atoms with van der Waals surface area (Å²) < 4.78 is 1.08. The molecule has 0 fully saturated rings. The molecule has 142 valence electrons. The lowest BCUT2D eigenvalue weighted by Gasteiger charge is -2.15. The van der Waals surface area contributed by atoms with Crippen LogP contribution in [-0.4, -0.2) is 25.6 Å². The molecule has 0 saturated carbocycles. The van der Waals surface area contributed by atoms with Gasteiger partial charge in [-0.2, -0.15) is 5.21 Å². The van der Waals surface area contributed by atoms with Gasteiger partial charge in [-0.25, -0.2) is 0 Å². The summed E-state index contributed by atoms with van der Waals surface area (Å²) in [6.07, 6.45) is 3.73. The Bertz CT molecular complexity index is 1270. The largest absolute Gasteiger partial charge is 0.353 e. The minimum Gasteiger partial charge on any atom is -0.353 e. The first-order chi connectivity index (χ1) is 14.2. The zero-order valence-electron chi connectivity index (χ0n) is 16.0. The van der Waals surface area contributed by atoms with Crippen LogP contribution in [0.2, 0.25) is 0 Å². The number of nitrogens with zero attached hydrogens (tertiary/aromatic N) is 4. The molecule has 0 saturated heterocycles. The number of thiophene rings is 1. The fraction of sp³-hybridized carbons (Fsp3) is 0.0909. The molecule has 0 bridgehead atoms. The smallest absolute Gasteiger partial charge is 0.214 e. The maximum atomic E-state index is 4.41. The van der Waals surface area contributed by atoms with Crippen molar-refractivity contribution < 1.29 is 0 Å². The fourth-order valence-corrected chi connectivity index (χ4v) is 4.51. The molecule has 0 aliphatic carbocycles. The number of aryl methyl sites for hydroxylation is 2. The molecule has 6 nitrogen and oxygen atoms in total. The van der Waals surface area contributed by atoms with Gasteiger partial charge in [0.05, 0.1) is 21.5 Å². The molecule has 0 radical (unpaired) electrons. The van der Waals surface area contributed by atoms with Crippen molar-refractivity contribution in [1.82, 2.24) is 25.6 Å². The number of rotatable bonds is 4. The number of pyridine rings is 1. The van der Waals surface area contributed by atoms with Gasteiger partial charge in [-0.1, -0.05) is 30.3 Å². The fourth-order valence-electron chi connectivity index (χ4n) is 3.53. The van der Waals surface area contributed by atoms with Gasteiger partial charge in [0.25, 0.3) is 0 Å². The third-order valence-electron chi connectivity index (χ3n) is 4.91. The number of hydrogen-bond acceptors (Lipinski definition) is 6. The normalized spacial score (nSPS) is 11.1. The number of nitrogens with one attached hydrogen (secondary N) is 2. The molecule has 0 unspecified atom stereocenters. The number of aromatic nitrogens is 5. The van der Waals surface area contributed by atoms with Crippen LogP contribution in [-0.2, 0) is 0 Å². The van der Waals surface area contributed by atoms with Gasteiger partial charge in [-0.15, -0.1) is 21.5 Å². The van der Waals surface area contributed by atoms with Crippen LogP contribution in [0, 0.1) is 13.8 Å². The van der Waals surface area contributed by atoms with Crippen molar-refractivity contribution in [2.24, 2.45) is 0 Å². The Hall–Kier alpha value is -3.58. The zero-order valence-corrected chi connectivity index (χ0v) is 16.8. The summed E-state index contributed by atoms with van der Waals surface area (Å²) in [4.78, 5) is 5.37. The number of tetrazole rings is 1. The van der Waals surface area contributed by atoms with Gasteiger partial charge in [0.15, 0.2) is 0 Å². The van der Waals surface area contributed by atoms with Crippen LogP contribution in [0.1, 0.15) is 11.1 Å². The highest BCUT2D eigenvalue weighted by Gasteiger charge is 2.13. The second-order valence-electron chi connectivity index (χ2n) is 6.92. The third-order valence-corrected chi connectivity index (χ3v) is 5.98. The van der Waals surface area contributed by atoms with E-state index in [4.69, 9.17) is 0 Å². The molecule has 0 aliphatic heterocycles. The molecule has 29 heavy (non-hydrogen) atoms. The van der Waals surface area contributed by atoms with Crippen molar-refractivity contribution in [2.45, 2.75) is 13.8 Å². The van der Waals surface area contributed by atoms with Gasteiger partial charge in [-0.05, 0) is 59.5 Å². The van der Waals surface area contributed by atoms with E-state index in [0.717, 1.165) is 26.3 Å². The Morgan fingerprint density at radius 2 is 1.72 bits per heavy atom. The number of hydrogen-bond donors (Lipinski definition) is 2. The van der Waals surface area contributed by atoms with E-state index in [1.54, 1.807) is 11.3 Å². The summed E-state index contributed by atoms with van der Waals surface area (Å²) in [6.45, 7) is 4.27. The van der Waals surface area contributed by atoms with E-state index in [2.05, 4.69) is 87.2 Å². The number of fused-ring (bicyclic) bond motifs is 1. The van der Waals surface area contributed by atoms with Crippen molar-refractivity contribution in [3.05, 3.63) is 72.1 Å². The van der Waals surface area contributed by atoms with Crippen LogP contribution < -0.4 is 5.32 Å². The summed E-state index contributed by atoms with van der Waals surface area (Å²) in [6, 6.07) is 17.0. The molecule has 5 aromatic rings. The first-order valence-corrected chi connectivity index (χ1v) is 10.1. The summed E-state index contributed by atoms with van der Waals surface area (Å²) in [7, 11) is 0. The summed E-state index contributed by atoms with van der Waals surface area (Å²) in [5.41, 5.74) is 6.89. The second-order valence-corrected chi connectivity index (χ2v) is 8.00. The Morgan fingerprint density at radius 1 is 0.931 bits per heavy atom. The second kappa shape index (κ2) is 7.10. The van der Waals surface area contributed by atoms with Gasteiger partial charge < -0.3 is 5.32 Å². The molecule has 0 atom stereocenters. The lowest BCUT2D eigenvalue weighted by atomic mass is 9.98. The van der Waals surface area contributed by atoms with Crippen LogP contribution in [0.15, 0.2) is 60.9 Å². The Kier molecular flexibility index (Phi) is 4.29. The van der Waals surface area contributed by atoms with E-state index in [9.17, 15) is 0 Å². The third kappa shape index (κ3) is 3.25. The topological polar surface area (TPSA) is 79.4 Å². The van der Waals surface area contributed by atoms with Gasteiger partial charge in [0, 0.05) is 17.3 Å². The number of benzene rings is 2. The van der Waals surface area contributed by atoms with E-state index in [1.807, 2.05) is 18.5 Å². The lowest BCUT2D eigenvalue weighted by Crippen LogP contribution is -1.98. The zero-order chi connectivity index (χ0) is 19.8. The number of H-pyrrole nitrogens is 1. The van der Waals surface area contributed by atoms with Gasteiger partial charge in [0.1, 0.15) is 0 Å². The first kappa shape index (κ1) is 17.5. The Balaban J connectivity index is 1.54. The van der Waals surface area contributed by atoms with Crippen LogP contribution in [0.25, 0.3) is 31.9 Å². The van der Waals surface area contributed by atoms with Gasteiger partial charge in [0.2, 0.25) is 5.82 Å². The summed E-state index contributed by atoms with van der Waals surface area (Å²) in [5, 5.41) is 19.0. The molecule has 0 spiro atoms. The minimum absolute atomic E-state index is 0.594. The highest BCUT2D eigenvalue weighted by molar-refractivity contribution is 7.22. The molecule has 7 heteroatoms. The van der Waals surface area contributed by atoms with Crippen LogP contribution in [0.3, 0.4) is 0 Å². The van der Waals surface area contributed by atoms with Gasteiger partial charge in [-0.3, -0.25) is 4.98 Å². The monoisotopic (exact) mass is 398 g/mol. The number of anilines is 2. The van der Waals surface area contributed by atoms with E-state index in [-0.39, 0.29) is 0 Å². The standard InChI is InChI=1S/C22H18N6S/c1-13-8-16(15-6-4-3-5-7-15)9-14(2)21(13)24-18-11-23-12-20-17(18)10-19(29-20)22-25-27-28-26-22/h3-12,24H,1-2H3,(H,25,26,27,28). The maximum Gasteiger partial charge on any atom is 0.214 e. The summed E-state index contributed by atoms with van der Waals surface area (Å²) in [5.74, 6) is 0.594. The van der Waals surface area contributed by atoms with Crippen molar-refractivity contribution >= 4 is 32.8 Å². The SMILES string of the molecule is Cc1cc(-c2ccccc2)cc(C)c1Nc1cncc2sc(-c3nn[nH]n3)cc12.